The average molecular weight is 299 g/mol. The van der Waals surface area contributed by atoms with Crippen LogP contribution < -0.4 is 11.1 Å². The normalized spacial score (nSPS) is 9.62. The van der Waals surface area contributed by atoms with Crippen LogP contribution in [-0.4, -0.2) is 12.5 Å². The molecule has 0 unspecified atom stereocenters. The average Bonchev–Trinajstić information content (AvgIpc) is 2.46. The molecular formula is C17H15ClN2O. The van der Waals surface area contributed by atoms with E-state index in [9.17, 15) is 4.79 Å². The third-order valence-electron chi connectivity index (χ3n) is 2.76. The Bertz CT molecular complexity index is 684. The largest absolute Gasteiger partial charge is 0.326 e. The van der Waals surface area contributed by atoms with E-state index >= 15 is 0 Å². The Hall–Kier alpha value is -2.28. The number of nitrogens with one attached hydrogen (secondary N) is 1. The van der Waals surface area contributed by atoms with Gasteiger partial charge in [0.15, 0.2) is 0 Å². The summed E-state index contributed by atoms with van der Waals surface area (Å²) in [6, 6.07) is 14.6. The predicted molar refractivity (Wildman–Crippen MR) is 86.2 cm³/mol. The summed E-state index contributed by atoms with van der Waals surface area (Å²) in [6.07, 6.45) is 0.287. The van der Waals surface area contributed by atoms with Crippen LogP contribution in [0.1, 0.15) is 11.1 Å². The molecule has 0 saturated carbocycles. The van der Waals surface area contributed by atoms with Gasteiger partial charge in [0, 0.05) is 16.3 Å². The van der Waals surface area contributed by atoms with E-state index in [-0.39, 0.29) is 12.3 Å². The highest BCUT2D eigenvalue weighted by Gasteiger charge is 2.04. The molecule has 0 spiro atoms. The first kappa shape index (κ1) is 15.1. The lowest BCUT2D eigenvalue weighted by Gasteiger charge is -2.05. The van der Waals surface area contributed by atoms with Gasteiger partial charge >= 0.3 is 0 Å². The van der Waals surface area contributed by atoms with Gasteiger partial charge in [-0.2, -0.15) is 0 Å². The molecule has 2 rings (SSSR count). The van der Waals surface area contributed by atoms with Gasteiger partial charge < -0.3 is 11.1 Å². The summed E-state index contributed by atoms with van der Waals surface area (Å²) in [5.41, 5.74) is 7.80. The first-order valence-electron chi connectivity index (χ1n) is 6.50. The summed E-state index contributed by atoms with van der Waals surface area (Å²) in [7, 11) is 0. The third kappa shape index (κ3) is 4.96. The maximum Gasteiger partial charge on any atom is 0.228 e. The number of halogens is 1. The first-order valence-corrected chi connectivity index (χ1v) is 6.88. The van der Waals surface area contributed by atoms with Crippen molar-refractivity contribution in [3.8, 4) is 11.8 Å². The Labute approximate surface area is 129 Å². The molecule has 0 aromatic heterocycles. The van der Waals surface area contributed by atoms with E-state index in [2.05, 4.69) is 17.2 Å². The molecule has 3 N–H and O–H groups in total. The van der Waals surface area contributed by atoms with E-state index in [4.69, 9.17) is 17.3 Å². The molecule has 4 heteroatoms. The van der Waals surface area contributed by atoms with Crippen molar-refractivity contribution >= 4 is 23.2 Å². The summed E-state index contributed by atoms with van der Waals surface area (Å²) in [4.78, 5) is 12.0. The standard InChI is InChI=1S/C17H15ClN2O/c18-15-5-1-3-14(11-15)12-17(21)20-16-8-6-13(7-9-16)4-2-10-19/h1,3,5-9,11H,10,12,19H2,(H,20,21). The molecule has 0 aliphatic carbocycles. The van der Waals surface area contributed by atoms with Gasteiger partial charge in [0.2, 0.25) is 5.91 Å². The van der Waals surface area contributed by atoms with Crippen LogP contribution in [0, 0.1) is 11.8 Å². The molecule has 0 aliphatic rings. The minimum atomic E-state index is -0.0851. The number of rotatable bonds is 3. The molecule has 0 bridgehead atoms. The van der Waals surface area contributed by atoms with Gasteiger partial charge in [-0.05, 0) is 42.0 Å². The van der Waals surface area contributed by atoms with Gasteiger partial charge in [0.25, 0.3) is 0 Å². The molecule has 0 radical (unpaired) electrons. The Kier molecular flexibility index (Phi) is 5.39. The summed E-state index contributed by atoms with van der Waals surface area (Å²) < 4.78 is 0. The van der Waals surface area contributed by atoms with Crippen LogP contribution in [-0.2, 0) is 11.2 Å². The highest BCUT2D eigenvalue weighted by atomic mass is 35.5. The zero-order valence-electron chi connectivity index (χ0n) is 11.4. The number of carbonyl (C=O) groups is 1. The zero-order valence-corrected chi connectivity index (χ0v) is 12.2. The molecule has 2 aromatic carbocycles. The van der Waals surface area contributed by atoms with Crippen molar-refractivity contribution in [2.45, 2.75) is 6.42 Å². The van der Waals surface area contributed by atoms with Crippen LogP contribution in [0.2, 0.25) is 5.02 Å². The summed E-state index contributed by atoms with van der Waals surface area (Å²) in [5.74, 6) is 5.62. The number of carbonyl (C=O) groups excluding carboxylic acids is 1. The molecule has 3 nitrogen and oxygen atoms in total. The molecule has 2 aromatic rings. The number of amides is 1. The topological polar surface area (TPSA) is 55.1 Å². The van der Waals surface area contributed by atoms with Crippen LogP contribution in [0.3, 0.4) is 0 Å². The van der Waals surface area contributed by atoms with Gasteiger partial charge in [-0.1, -0.05) is 35.6 Å². The fourth-order valence-corrected chi connectivity index (χ4v) is 2.04. The summed E-state index contributed by atoms with van der Waals surface area (Å²) in [6.45, 7) is 0.331. The van der Waals surface area contributed by atoms with E-state index in [1.165, 1.54) is 0 Å². The highest BCUT2D eigenvalue weighted by Crippen LogP contribution is 2.13. The van der Waals surface area contributed by atoms with Crippen LogP contribution in [0.15, 0.2) is 48.5 Å². The number of hydrogen-bond acceptors (Lipinski definition) is 2. The predicted octanol–water partition coefficient (Wildman–Crippen LogP) is 2.83. The number of hydrogen-bond donors (Lipinski definition) is 2. The van der Waals surface area contributed by atoms with E-state index in [0.717, 1.165) is 16.8 Å². The highest BCUT2D eigenvalue weighted by molar-refractivity contribution is 6.30. The molecule has 106 valence electrons. The monoisotopic (exact) mass is 298 g/mol. The fraction of sp³-hybridized carbons (Fsp3) is 0.118. The maximum absolute atomic E-state index is 12.0. The second-order valence-corrected chi connectivity index (χ2v) is 4.87. The molecular weight excluding hydrogens is 284 g/mol. The molecule has 21 heavy (non-hydrogen) atoms. The van der Waals surface area contributed by atoms with Crippen LogP contribution in [0.4, 0.5) is 5.69 Å². The number of nitrogens with two attached hydrogens (primary N) is 1. The van der Waals surface area contributed by atoms with E-state index in [0.29, 0.717) is 11.6 Å². The molecule has 0 saturated heterocycles. The Morgan fingerprint density at radius 2 is 1.95 bits per heavy atom. The number of benzene rings is 2. The van der Waals surface area contributed by atoms with Gasteiger partial charge in [-0.25, -0.2) is 0 Å². The minimum absolute atomic E-state index is 0.0851. The minimum Gasteiger partial charge on any atom is -0.326 e. The van der Waals surface area contributed by atoms with Crippen molar-refractivity contribution in [2.24, 2.45) is 5.73 Å². The van der Waals surface area contributed by atoms with Crippen molar-refractivity contribution in [3.05, 3.63) is 64.7 Å². The van der Waals surface area contributed by atoms with Crippen LogP contribution in [0.5, 0.6) is 0 Å². The zero-order chi connectivity index (χ0) is 15.1. The van der Waals surface area contributed by atoms with E-state index in [1.54, 1.807) is 12.1 Å². The number of anilines is 1. The summed E-state index contributed by atoms with van der Waals surface area (Å²) >= 11 is 5.89. The van der Waals surface area contributed by atoms with Gasteiger partial charge in [-0.15, -0.1) is 0 Å². The molecule has 0 atom stereocenters. The lowest BCUT2D eigenvalue weighted by Crippen LogP contribution is -2.14. The van der Waals surface area contributed by atoms with Crippen LogP contribution in [0.25, 0.3) is 0 Å². The van der Waals surface area contributed by atoms with Crippen molar-refractivity contribution in [1.29, 1.82) is 0 Å². The lowest BCUT2D eigenvalue weighted by molar-refractivity contribution is -0.115. The lowest BCUT2D eigenvalue weighted by atomic mass is 10.1. The van der Waals surface area contributed by atoms with E-state index in [1.807, 2.05) is 36.4 Å². The van der Waals surface area contributed by atoms with Gasteiger partial charge in [0.1, 0.15) is 0 Å². The van der Waals surface area contributed by atoms with Crippen molar-refractivity contribution in [2.75, 3.05) is 11.9 Å². The maximum atomic E-state index is 12.0. The SMILES string of the molecule is NCC#Cc1ccc(NC(=O)Cc2cccc(Cl)c2)cc1. The fourth-order valence-electron chi connectivity index (χ4n) is 1.83. The Balaban J connectivity index is 1.96. The second-order valence-electron chi connectivity index (χ2n) is 4.44. The van der Waals surface area contributed by atoms with Crippen LogP contribution >= 0.6 is 11.6 Å². The first-order chi connectivity index (χ1) is 10.2. The molecule has 1 amide bonds. The molecule has 0 fully saturated rings. The van der Waals surface area contributed by atoms with Crippen molar-refractivity contribution in [1.82, 2.24) is 0 Å². The van der Waals surface area contributed by atoms with Crippen molar-refractivity contribution in [3.63, 3.8) is 0 Å². The third-order valence-corrected chi connectivity index (χ3v) is 2.99. The molecule has 0 heterocycles. The van der Waals surface area contributed by atoms with E-state index < -0.39 is 0 Å². The quantitative estimate of drug-likeness (QED) is 0.856. The smallest absolute Gasteiger partial charge is 0.228 e. The Morgan fingerprint density at radius 3 is 2.62 bits per heavy atom. The van der Waals surface area contributed by atoms with Crippen molar-refractivity contribution < 1.29 is 4.79 Å². The van der Waals surface area contributed by atoms with Gasteiger partial charge in [-0.3, -0.25) is 4.79 Å². The summed E-state index contributed by atoms with van der Waals surface area (Å²) in [5, 5.41) is 3.47. The molecule has 0 aliphatic heterocycles. The van der Waals surface area contributed by atoms with Gasteiger partial charge in [0.05, 0.1) is 13.0 Å². The second kappa shape index (κ2) is 7.49. The Morgan fingerprint density at radius 1 is 1.19 bits per heavy atom.